The van der Waals surface area contributed by atoms with Gasteiger partial charge in [0, 0.05) is 18.3 Å². The summed E-state index contributed by atoms with van der Waals surface area (Å²) >= 11 is 0. The third kappa shape index (κ3) is 2.96. The lowest BCUT2D eigenvalue weighted by molar-refractivity contribution is -0.187. The lowest BCUT2D eigenvalue weighted by Crippen LogP contribution is -2.64. The molecule has 3 heteroatoms. The van der Waals surface area contributed by atoms with Gasteiger partial charge in [-0.15, -0.1) is 0 Å². The van der Waals surface area contributed by atoms with Gasteiger partial charge >= 0.3 is 5.97 Å². The van der Waals surface area contributed by atoms with Gasteiger partial charge in [-0.05, 0) is 69.1 Å². The highest BCUT2D eigenvalue weighted by Gasteiger charge is 2.69. The molecule has 4 fully saturated rings. The molecule has 146 valence electrons. The van der Waals surface area contributed by atoms with Gasteiger partial charge in [-0.25, -0.2) is 0 Å². The molecule has 5 atom stereocenters. The van der Waals surface area contributed by atoms with Crippen molar-refractivity contribution < 1.29 is 14.3 Å². The summed E-state index contributed by atoms with van der Waals surface area (Å²) in [6.45, 7) is 17.2. The largest absolute Gasteiger partial charge is 0.465 e. The van der Waals surface area contributed by atoms with Crippen molar-refractivity contribution in [1.82, 2.24) is 0 Å². The van der Waals surface area contributed by atoms with E-state index in [2.05, 4.69) is 27.4 Å². The molecule has 0 aromatic heterocycles. The Kier molecular flexibility index (Phi) is 4.69. The zero-order valence-corrected chi connectivity index (χ0v) is 17.5. The quantitative estimate of drug-likeness (QED) is 0.500. The number of hydrogen-bond donors (Lipinski definition) is 0. The highest BCUT2D eigenvalue weighted by Crippen LogP contribution is 2.71. The Morgan fingerprint density at radius 1 is 1.27 bits per heavy atom. The minimum absolute atomic E-state index is 0.163. The van der Waals surface area contributed by atoms with Crippen molar-refractivity contribution in [2.24, 2.45) is 39.9 Å². The number of ether oxygens (including phenoxy) is 1. The van der Waals surface area contributed by atoms with E-state index in [4.69, 9.17) is 4.74 Å². The molecule has 0 radical (unpaired) electrons. The van der Waals surface area contributed by atoms with Crippen LogP contribution in [0.25, 0.3) is 0 Å². The van der Waals surface area contributed by atoms with Gasteiger partial charge in [0.15, 0.2) is 0 Å². The average Bonchev–Trinajstić information content (AvgIpc) is 2.83. The number of esters is 1. The van der Waals surface area contributed by atoms with Crippen LogP contribution in [0.1, 0.15) is 73.6 Å². The first kappa shape index (κ1) is 19.6. The van der Waals surface area contributed by atoms with Gasteiger partial charge in [0.05, 0.1) is 12.0 Å². The van der Waals surface area contributed by atoms with E-state index < -0.39 is 5.41 Å². The number of Topliss-reactive ketones (excluding diaryl/α,β-unsaturated/α-hetero) is 1. The van der Waals surface area contributed by atoms with Crippen LogP contribution in [0.15, 0.2) is 12.2 Å². The number of carbonyl (C=O) groups excluding carboxylic acids is 2. The van der Waals surface area contributed by atoms with Crippen molar-refractivity contribution in [1.29, 1.82) is 0 Å². The van der Waals surface area contributed by atoms with Crippen LogP contribution in [-0.2, 0) is 14.3 Å². The molecule has 2 unspecified atom stereocenters. The standard InChI is InChI=1S/C23H36O3/c1-14(9-11-26-20(25)21(2,3)4)12-15-8-10-23(7)17-13-16(22(17,5)6)19(24)18(15)23/h15-18H,1,8-13H2,2-7H3/t15-,16?,17?,18+,23-/m1/s1. The summed E-state index contributed by atoms with van der Waals surface area (Å²) < 4.78 is 5.37. The zero-order chi connectivity index (χ0) is 19.5. The predicted octanol–water partition coefficient (Wildman–Crippen LogP) is 5.19. The van der Waals surface area contributed by atoms with Crippen LogP contribution in [0.3, 0.4) is 0 Å². The summed E-state index contributed by atoms with van der Waals surface area (Å²) in [5.41, 5.74) is 1.03. The predicted molar refractivity (Wildman–Crippen MR) is 103 cm³/mol. The topological polar surface area (TPSA) is 43.4 Å². The van der Waals surface area contributed by atoms with E-state index in [0.29, 0.717) is 30.6 Å². The van der Waals surface area contributed by atoms with Crippen molar-refractivity contribution >= 4 is 11.8 Å². The van der Waals surface area contributed by atoms with E-state index in [0.717, 1.165) is 24.8 Å². The molecule has 0 spiro atoms. The van der Waals surface area contributed by atoms with Gasteiger partial charge < -0.3 is 4.74 Å². The summed E-state index contributed by atoms with van der Waals surface area (Å²) in [4.78, 5) is 25.0. The molecule has 0 aromatic carbocycles. The van der Waals surface area contributed by atoms with Gasteiger partial charge in [-0.3, -0.25) is 9.59 Å². The average molecular weight is 361 g/mol. The van der Waals surface area contributed by atoms with Gasteiger partial charge in [-0.2, -0.15) is 0 Å². The lowest BCUT2D eigenvalue weighted by Gasteiger charge is -2.65. The third-order valence-corrected chi connectivity index (χ3v) is 7.80. The number of ketones is 1. The first-order chi connectivity index (χ1) is 11.9. The van der Waals surface area contributed by atoms with Crippen molar-refractivity contribution in [2.75, 3.05) is 6.61 Å². The molecule has 2 bridgehead atoms. The SMILES string of the molecule is C=C(CCOC(=O)C(C)(C)C)C[C@H]1CC[C@]2(C)C3CC(C(=O)[C@H]12)C3(C)C. The van der Waals surface area contributed by atoms with Crippen LogP contribution in [0.4, 0.5) is 0 Å². The first-order valence-electron chi connectivity index (χ1n) is 10.3. The van der Waals surface area contributed by atoms with Crippen LogP contribution >= 0.6 is 0 Å². The maximum absolute atomic E-state index is 13.2. The fraction of sp³-hybridized carbons (Fsp3) is 0.826. The molecule has 4 aliphatic carbocycles. The Morgan fingerprint density at radius 2 is 1.92 bits per heavy atom. The smallest absolute Gasteiger partial charge is 0.311 e. The highest BCUT2D eigenvalue weighted by atomic mass is 16.5. The number of carbonyl (C=O) groups is 2. The summed E-state index contributed by atoms with van der Waals surface area (Å²) in [7, 11) is 0. The minimum Gasteiger partial charge on any atom is -0.465 e. The summed E-state index contributed by atoms with van der Waals surface area (Å²) in [6.07, 6.45) is 5.01. The number of rotatable bonds is 5. The Morgan fingerprint density at radius 3 is 2.50 bits per heavy atom. The molecule has 3 nitrogen and oxygen atoms in total. The van der Waals surface area contributed by atoms with Gasteiger partial charge in [0.25, 0.3) is 0 Å². The molecule has 4 rings (SSSR count). The molecule has 0 heterocycles. The normalized spacial score (nSPS) is 37.7. The summed E-state index contributed by atoms with van der Waals surface area (Å²) in [5, 5.41) is 0. The first-order valence-corrected chi connectivity index (χ1v) is 10.3. The van der Waals surface area contributed by atoms with Crippen molar-refractivity contribution in [3.63, 3.8) is 0 Å². The van der Waals surface area contributed by atoms with E-state index in [1.807, 2.05) is 20.8 Å². The molecule has 0 amide bonds. The van der Waals surface area contributed by atoms with Crippen LogP contribution < -0.4 is 0 Å². The maximum Gasteiger partial charge on any atom is 0.311 e. The van der Waals surface area contributed by atoms with Gasteiger partial charge in [0.2, 0.25) is 0 Å². The van der Waals surface area contributed by atoms with E-state index in [9.17, 15) is 9.59 Å². The van der Waals surface area contributed by atoms with Crippen LogP contribution in [0, 0.1) is 39.9 Å². The Hall–Kier alpha value is -1.12. The lowest BCUT2D eigenvalue weighted by atomic mass is 9.38. The van der Waals surface area contributed by atoms with Crippen LogP contribution in [0.5, 0.6) is 0 Å². The van der Waals surface area contributed by atoms with E-state index in [1.165, 1.54) is 6.42 Å². The molecular weight excluding hydrogens is 324 g/mol. The second-order valence-electron chi connectivity index (χ2n) is 10.9. The van der Waals surface area contributed by atoms with Crippen LogP contribution in [-0.4, -0.2) is 18.4 Å². The fourth-order valence-electron chi connectivity index (χ4n) is 6.25. The summed E-state index contributed by atoms with van der Waals surface area (Å²) in [5.74, 6) is 1.96. The van der Waals surface area contributed by atoms with Gasteiger partial charge in [0.1, 0.15) is 5.78 Å². The molecule has 0 N–H and O–H groups in total. The van der Waals surface area contributed by atoms with E-state index in [-0.39, 0.29) is 28.6 Å². The monoisotopic (exact) mass is 360 g/mol. The molecule has 0 saturated heterocycles. The fourth-order valence-corrected chi connectivity index (χ4v) is 6.25. The van der Waals surface area contributed by atoms with Crippen molar-refractivity contribution in [3.05, 3.63) is 12.2 Å². The van der Waals surface area contributed by atoms with Crippen LogP contribution in [0.2, 0.25) is 0 Å². The molecule has 26 heavy (non-hydrogen) atoms. The van der Waals surface area contributed by atoms with E-state index >= 15 is 0 Å². The minimum atomic E-state index is -0.461. The zero-order valence-electron chi connectivity index (χ0n) is 17.5. The Balaban J connectivity index is 1.56. The Labute approximate surface area is 158 Å². The highest BCUT2D eigenvalue weighted by molar-refractivity contribution is 5.88. The van der Waals surface area contributed by atoms with Crippen molar-refractivity contribution in [3.8, 4) is 0 Å². The molecule has 4 aliphatic rings. The maximum atomic E-state index is 13.2. The second-order valence-corrected chi connectivity index (χ2v) is 10.9. The molecule has 4 saturated carbocycles. The molecule has 0 aromatic rings. The molecule has 0 aliphatic heterocycles. The molecular formula is C23H36O3. The third-order valence-electron chi connectivity index (χ3n) is 7.80. The van der Waals surface area contributed by atoms with E-state index in [1.54, 1.807) is 0 Å². The number of hydrogen-bond acceptors (Lipinski definition) is 3. The Bertz CT molecular complexity index is 624. The van der Waals surface area contributed by atoms with Gasteiger partial charge in [-0.1, -0.05) is 32.9 Å². The van der Waals surface area contributed by atoms with Crippen molar-refractivity contribution in [2.45, 2.75) is 73.6 Å². The second kappa shape index (κ2) is 6.21. The summed E-state index contributed by atoms with van der Waals surface area (Å²) in [6, 6.07) is 0.